The highest BCUT2D eigenvalue weighted by molar-refractivity contribution is 5.24. The van der Waals surface area contributed by atoms with E-state index >= 15 is 0 Å². The predicted octanol–water partition coefficient (Wildman–Crippen LogP) is 2.57. The molecule has 1 aromatic heterocycles. The second kappa shape index (κ2) is 4.49. The fraction of sp³-hybridized carbons (Fsp3) is 0.727. The van der Waals surface area contributed by atoms with E-state index < -0.39 is 0 Å². The minimum Gasteiger partial charge on any atom is -0.359 e. The number of nitrogens with one attached hydrogen (secondary N) is 2. The van der Waals surface area contributed by atoms with E-state index in [1.165, 1.54) is 37.8 Å². The van der Waals surface area contributed by atoms with E-state index in [1.54, 1.807) is 0 Å². The molecule has 1 aromatic rings. The molecular formula is C11H19N3. The van der Waals surface area contributed by atoms with Crippen LogP contribution in [0.5, 0.6) is 0 Å². The van der Waals surface area contributed by atoms with Crippen molar-refractivity contribution in [2.24, 2.45) is 5.92 Å². The van der Waals surface area contributed by atoms with E-state index in [2.05, 4.69) is 15.3 Å². The normalized spacial score (nSPS) is 17.5. The molecule has 0 radical (unpaired) electrons. The Morgan fingerprint density at radius 3 is 2.93 bits per heavy atom. The van der Waals surface area contributed by atoms with Crippen LogP contribution >= 0.6 is 0 Å². The van der Waals surface area contributed by atoms with Gasteiger partial charge in [0.2, 0.25) is 0 Å². The number of aromatic amines is 1. The van der Waals surface area contributed by atoms with Crippen molar-refractivity contribution in [2.75, 3.05) is 12.4 Å². The first-order valence-electron chi connectivity index (χ1n) is 5.60. The molecular weight excluding hydrogens is 174 g/mol. The third-order valence-electron chi connectivity index (χ3n) is 3.16. The van der Waals surface area contributed by atoms with Crippen LogP contribution in [0.2, 0.25) is 0 Å². The van der Waals surface area contributed by atoms with Gasteiger partial charge in [0.1, 0.15) is 0 Å². The lowest BCUT2D eigenvalue weighted by Gasteiger charge is -2.06. The minimum absolute atomic E-state index is 0.881. The number of aromatic nitrogens is 2. The molecule has 0 atom stereocenters. The zero-order valence-electron chi connectivity index (χ0n) is 8.84. The monoisotopic (exact) mass is 193 g/mol. The summed E-state index contributed by atoms with van der Waals surface area (Å²) in [7, 11) is 1.89. The molecule has 1 fully saturated rings. The van der Waals surface area contributed by atoms with Crippen molar-refractivity contribution in [3.05, 3.63) is 11.9 Å². The molecule has 3 nitrogen and oxygen atoms in total. The zero-order chi connectivity index (χ0) is 9.80. The van der Waals surface area contributed by atoms with Gasteiger partial charge < -0.3 is 10.3 Å². The van der Waals surface area contributed by atoms with Gasteiger partial charge in [0.25, 0.3) is 0 Å². The highest BCUT2D eigenvalue weighted by Gasteiger charge is 2.14. The first-order chi connectivity index (χ1) is 6.88. The van der Waals surface area contributed by atoms with Crippen LogP contribution in [0.25, 0.3) is 0 Å². The topological polar surface area (TPSA) is 40.7 Å². The Labute approximate surface area is 85.3 Å². The molecule has 14 heavy (non-hydrogen) atoms. The molecule has 1 aliphatic rings. The van der Waals surface area contributed by atoms with Gasteiger partial charge in [0.05, 0.1) is 6.20 Å². The van der Waals surface area contributed by atoms with Gasteiger partial charge in [0.15, 0.2) is 5.95 Å². The lowest BCUT2D eigenvalue weighted by atomic mass is 10.0. The van der Waals surface area contributed by atoms with E-state index in [9.17, 15) is 0 Å². The third kappa shape index (κ3) is 2.28. The van der Waals surface area contributed by atoms with Crippen molar-refractivity contribution in [3.8, 4) is 0 Å². The summed E-state index contributed by atoms with van der Waals surface area (Å²) in [4.78, 5) is 7.48. The quantitative estimate of drug-likeness (QED) is 0.771. The Bertz CT molecular complexity index is 274. The van der Waals surface area contributed by atoms with Gasteiger partial charge in [-0.1, -0.05) is 25.7 Å². The van der Waals surface area contributed by atoms with Gasteiger partial charge in [-0.3, -0.25) is 0 Å². The second-order valence-electron chi connectivity index (χ2n) is 4.20. The second-order valence-corrected chi connectivity index (χ2v) is 4.20. The molecule has 78 valence electrons. The van der Waals surface area contributed by atoms with Crippen LogP contribution in [0.1, 0.15) is 37.8 Å². The summed E-state index contributed by atoms with van der Waals surface area (Å²) in [5, 5.41) is 3.01. The molecule has 0 aromatic carbocycles. The van der Waals surface area contributed by atoms with Crippen molar-refractivity contribution in [1.29, 1.82) is 0 Å². The number of aryl methyl sites for hydroxylation is 1. The lowest BCUT2D eigenvalue weighted by Crippen LogP contribution is -1.97. The van der Waals surface area contributed by atoms with Crippen LogP contribution < -0.4 is 5.32 Å². The molecule has 1 saturated carbocycles. The number of nitrogens with zero attached hydrogens (tertiary/aromatic N) is 1. The fourth-order valence-corrected chi connectivity index (χ4v) is 2.27. The Morgan fingerprint density at radius 1 is 1.50 bits per heavy atom. The summed E-state index contributed by atoms with van der Waals surface area (Å²) in [5.74, 6) is 1.85. The molecule has 3 heteroatoms. The van der Waals surface area contributed by atoms with Crippen molar-refractivity contribution >= 4 is 5.95 Å². The summed E-state index contributed by atoms with van der Waals surface area (Å²) in [6.45, 7) is 0. The maximum atomic E-state index is 4.21. The first-order valence-corrected chi connectivity index (χ1v) is 5.60. The standard InChI is InChI=1S/C11H19N3/c1-12-11-13-8-10(14-11)7-6-9-4-2-3-5-9/h8-9H,2-7H2,1H3,(H2,12,13,14). The van der Waals surface area contributed by atoms with Gasteiger partial charge in [-0.2, -0.15) is 0 Å². The van der Waals surface area contributed by atoms with Crippen molar-refractivity contribution < 1.29 is 0 Å². The van der Waals surface area contributed by atoms with Gasteiger partial charge >= 0.3 is 0 Å². The maximum Gasteiger partial charge on any atom is 0.200 e. The summed E-state index contributed by atoms with van der Waals surface area (Å²) in [6.07, 6.45) is 10.2. The van der Waals surface area contributed by atoms with Gasteiger partial charge in [-0.15, -0.1) is 0 Å². The van der Waals surface area contributed by atoms with Crippen LogP contribution in [0.15, 0.2) is 6.20 Å². The lowest BCUT2D eigenvalue weighted by molar-refractivity contribution is 0.501. The number of H-pyrrole nitrogens is 1. The van der Waals surface area contributed by atoms with Crippen molar-refractivity contribution in [3.63, 3.8) is 0 Å². The third-order valence-corrected chi connectivity index (χ3v) is 3.16. The molecule has 0 spiro atoms. The molecule has 0 saturated heterocycles. The summed E-state index contributed by atoms with van der Waals surface area (Å²) in [5.41, 5.74) is 1.27. The summed E-state index contributed by atoms with van der Waals surface area (Å²) >= 11 is 0. The SMILES string of the molecule is CNc1ncc(CCC2CCCC2)[nH]1. The number of hydrogen-bond acceptors (Lipinski definition) is 2. The van der Waals surface area contributed by atoms with Crippen molar-refractivity contribution in [2.45, 2.75) is 38.5 Å². The summed E-state index contributed by atoms with van der Waals surface area (Å²) < 4.78 is 0. The fourth-order valence-electron chi connectivity index (χ4n) is 2.27. The van der Waals surface area contributed by atoms with Crippen LogP contribution in [0, 0.1) is 5.92 Å². The van der Waals surface area contributed by atoms with Gasteiger partial charge in [-0.05, 0) is 18.8 Å². The number of rotatable bonds is 4. The van der Waals surface area contributed by atoms with E-state index in [1.807, 2.05) is 13.2 Å². The van der Waals surface area contributed by atoms with Crippen molar-refractivity contribution in [1.82, 2.24) is 9.97 Å². The molecule has 1 aliphatic carbocycles. The van der Waals surface area contributed by atoms with Gasteiger partial charge in [-0.25, -0.2) is 4.98 Å². The molecule has 0 amide bonds. The van der Waals surface area contributed by atoms with Crippen LogP contribution in [-0.2, 0) is 6.42 Å². The first kappa shape index (κ1) is 9.56. The molecule has 0 bridgehead atoms. The molecule has 1 heterocycles. The molecule has 2 N–H and O–H groups in total. The smallest absolute Gasteiger partial charge is 0.200 e. The highest BCUT2D eigenvalue weighted by atomic mass is 15.1. The Kier molecular flexibility index (Phi) is 3.07. The number of hydrogen-bond donors (Lipinski definition) is 2. The molecule has 0 unspecified atom stereocenters. The van der Waals surface area contributed by atoms with Gasteiger partial charge in [0, 0.05) is 12.7 Å². The van der Waals surface area contributed by atoms with E-state index in [4.69, 9.17) is 0 Å². The van der Waals surface area contributed by atoms with E-state index in [0.29, 0.717) is 0 Å². The largest absolute Gasteiger partial charge is 0.359 e. The van der Waals surface area contributed by atoms with E-state index in [0.717, 1.165) is 18.3 Å². The summed E-state index contributed by atoms with van der Waals surface area (Å²) in [6, 6.07) is 0. The van der Waals surface area contributed by atoms with Crippen LogP contribution in [0.4, 0.5) is 5.95 Å². The highest BCUT2D eigenvalue weighted by Crippen LogP contribution is 2.28. The Hall–Kier alpha value is -0.990. The Morgan fingerprint density at radius 2 is 2.29 bits per heavy atom. The Balaban J connectivity index is 1.79. The van der Waals surface area contributed by atoms with Crippen LogP contribution in [0.3, 0.4) is 0 Å². The average molecular weight is 193 g/mol. The van der Waals surface area contributed by atoms with Crippen LogP contribution in [-0.4, -0.2) is 17.0 Å². The number of anilines is 1. The predicted molar refractivity (Wildman–Crippen MR) is 58.4 cm³/mol. The minimum atomic E-state index is 0.881. The number of imidazole rings is 1. The van der Waals surface area contributed by atoms with E-state index in [-0.39, 0.29) is 0 Å². The zero-order valence-corrected chi connectivity index (χ0v) is 8.84. The average Bonchev–Trinajstić information content (AvgIpc) is 2.86. The molecule has 2 rings (SSSR count). The molecule has 0 aliphatic heterocycles. The maximum absolute atomic E-state index is 4.21.